The number of pyridine rings is 1. The first-order valence-electron chi connectivity index (χ1n) is 5.23. The molecular weight excluding hydrogens is 268 g/mol. The van der Waals surface area contributed by atoms with Crippen LogP contribution in [0.1, 0.15) is 20.2 Å². The van der Waals surface area contributed by atoms with E-state index in [-0.39, 0.29) is 11.6 Å². The minimum atomic E-state index is -1.14. The second-order valence-corrected chi connectivity index (χ2v) is 4.45. The number of nitrogens with one attached hydrogen (secondary N) is 1. The Morgan fingerprint density at radius 3 is 2.84 bits per heavy atom. The van der Waals surface area contributed by atoms with Gasteiger partial charge in [0, 0.05) is 23.3 Å². The van der Waals surface area contributed by atoms with Crippen molar-refractivity contribution < 1.29 is 19.4 Å². The lowest BCUT2D eigenvalue weighted by Crippen LogP contribution is -2.11. The lowest BCUT2D eigenvalue weighted by Gasteiger charge is -2.03. The number of amides is 1. The van der Waals surface area contributed by atoms with Gasteiger partial charge < -0.3 is 15.2 Å². The monoisotopic (exact) mass is 278 g/mol. The topological polar surface area (TPSA) is 88.5 Å². The Bertz CT molecular complexity index is 624. The number of anilines is 1. The molecule has 6 nitrogen and oxygen atoms in total. The number of rotatable bonds is 4. The minimum Gasteiger partial charge on any atom is -0.496 e. The van der Waals surface area contributed by atoms with Crippen molar-refractivity contribution in [1.29, 1.82) is 0 Å². The highest BCUT2D eigenvalue weighted by Crippen LogP contribution is 2.22. The summed E-state index contributed by atoms with van der Waals surface area (Å²) in [5.41, 5.74) is 0.256. The van der Waals surface area contributed by atoms with Crippen molar-refractivity contribution in [1.82, 2.24) is 4.98 Å². The molecule has 2 heterocycles. The molecule has 0 aromatic carbocycles. The molecule has 0 aliphatic rings. The van der Waals surface area contributed by atoms with Crippen LogP contribution in [0.2, 0.25) is 0 Å². The maximum Gasteiger partial charge on any atom is 0.354 e. The normalized spacial score (nSPS) is 9.95. The second-order valence-electron chi connectivity index (χ2n) is 3.54. The van der Waals surface area contributed by atoms with Gasteiger partial charge in [0.1, 0.15) is 11.4 Å². The van der Waals surface area contributed by atoms with Gasteiger partial charge in [0.05, 0.1) is 12.0 Å². The van der Waals surface area contributed by atoms with Crippen LogP contribution in [0.4, 0.5) is 5.69 Å². The number of aromatic carboxylic acids is 1. The van der Waals surface area contributed by atoms with Crippen LogP contribution in [0.15, 0.2) is 29.8 Å². The van der Waals surface area contributed by atoms with E-state index in [1.807, 2.05) is 0 Å². The smallest absolute Gasteiger partial charge is 0.354 e. The van der Waals surface area contributed by atoms with Gasteiger partial charge in [-0.15, -0.1) is 11.3 Å². The zero-order chi connectivity index (χ0) is 13.8. The summed E-state index contributed by atoms with van der Waals surface area (Å²) in [6.07, 6.45) is 1.33. The molecule has 2 N–H and O–H groups in total. The first-order chi connectivity index (χ1) is 9.10. The van der Waals surface area contributed by atoms with E-state index in [1.54, 1.807) is 11.4 Å². The summed E-state index contributed by atoms with van der Waals surface area (Å²) in [6.45, 7) is 0. The van der Waals surface area contributed by atoms with E-state index in [9.17, 15) is 9.59 Å². The summed E-state index contributed by atoms with van der Waals surface area (Å²) >= 11 is 1.24. The van der Waals surface area contributed by atoms with Crippen molar-refractivity contribution in [2.24, 2.45) is 0 Å². The maximum atomic E-state index is 11.9. The molecule has 0 saturated carbocycles. The van der Waals surface area contributed by atoms with E-state index >= 15 is 0 Å². The van der Waals surface area contributed by atoms with E-state index in [2.05, 4.69) is 10.3 Å². The van der Waals surface area contributed by atoms with Gasteiger partial charge in [-0.05, 0) is 12.1 Å². The van der Waals surface area contributed by atoms with Crippen LogP contribution in [-0.2, 0) is 0 Å². The molecule has 98 valence electrons. The number of hydrogen-bond donors (Lipinski definition) is 2. The molecule has 2 aromatic rings. The number of nitrogens with zero attached hydrogens (tertiary/aromatic N) is 1. The predicted octanol–water partition coefficient (Wildman–Crippen LogP) is 2.10. The molecule has 0 radical (unpaired) electrons. The van der Waals surface area contributed by atoms with E-state index < -0.39 is 5.97 Å². The second kappa shape index (κ2) is 5.49. The Morgan fingerprint density at radius 1 is 1.42 bits per heavy atom. The largest absolute Gasteiger partial charge is 0.496 e. The summed E-state index contributed by atoms with van der Waals surface area (Å²) in [5, 5.41) is 13.1. The molecule has 19 heavy (non-hydrogen) atoms. The number of ether oxygens (including phenoxy) is 1. The van der Waals surface area contributed by atoms with Crippen molar-refractivity contribution in [2.75, 3.05) is 12.4 Å². The third-order valence-corrected chi connectivity index (χ3v) is 3.18. The Balaban J connectivity index is 2.14. The number of hydrogen-bond acceptors (Lipinski definition) is 5. The molecule has 0 saturated heterocycles. The third-order valence-electron chi connectivity index (χ3n) is 2.27. The van der Waals surface area contributed by atoms with E-state index in [0.29, 0.717) is 16.3 Å². The summed E-state index contributed by atoms with van der Waals surface area (Å²) < 4.78 is 4.99. The number of carboxylic acids is 1. The van der Waals surface area contributed by atoms with Crippen LogP contribution in [0.25, 0.3) is 0 Å². The number of carbonyl (C=O) groups is 2. The lowest BCUT2D eigenvalue weighted by atomic mass is 10.3. The number of carbonyl (C=O) groups excluding carboxylic acids is 1. The van der Waals surface area contributed by atoms with E-state index in [4.69, 9.17) is 9.84 Å². The standard InChI is InChI=1S/C12H10N2O4S/c1-18-8-5-10(19-6-8)11(15)14-7-2-3-13-9(4-7)12(16)17/h2-6H,1H3,(H,16,17)(H,13,14,15). The minimum absolute atomic E-state index is 0.124. The van der Waals surface area contributed by atoms with Crippen LogP contribution in [0.5, 0.6) is 5.75 Å². The van der Waals surface area contributed by atoms with Crippen molar-refractivity contribution in [3.05, 3.63) is 40.3 Å². The zero-order valence-electron chi connectivity index (χ0n) is 9.91. The maximum absolute atomic E-state index is 11.9. The van der Waals surface area contributed by atoms with Gasteiger partial charge >= 0.3 is 5.97 Å². The van der Waals surface area contributed by atoms with Crippen LogP contribution < -0.4 is 10.1 Å². The van der Waals surface area contributed by atoms with Gasteiger partial charge in [-0.3, -0.25) is 4.79 Å². The van der Waals surface area contributed by atoms with Crippen LogP contribution in [-0.4, -0.2) is 29.1 Å². The Kier molecular flexibility index (Phi) is 3.76. The third kappa shape index (κ3) is 3.08. The highest BCUT2D eigenvalue weighted by atomic mass is 32.1. The Hall–Kier alpha value is -2.41. The molecule has 2 aromatic heterocycles. The fourth-order valence-corrected chi connectivity index (χ4v) is 2.11. The molecule has 0 spiro atoms. The summed E-state index contributed by atoms with van der Waals surface area (Å²) in [7, 11) is 1.52. The van der Waals surface area contributed by atoms with Gasteiger partial charge in [-0.1, -0.05) is 0 Å². The van der Waals surface area contributed by atoms with Gasteiger partial charge in [0.2, 0.25) is 0 Å². The highest BCUT2D eigenvalue weighted by molar-refractivity contribution is 7.12. The van der Waals surface area contributed by atoms with Gasteiger partial charge in [0.15, 0.2) is 0 Å². The fraction of sp³-hybridized carbons (Fsp3) is 0.0833. The number of carboxylic acid groups (broad SMARTS) is 1. The van der Waals surface area contributed by atoms with Crippen LogP contribution in [0, 0.1) is 0 Å². The van der Waals surface area contributed by atoms with E-state index in [0.717, 1.165) is 0 Å². The molecule has 0 atom stereocenters. The highest BCUT2D eigenvalue weighted by Gasteiger charge is 2.11. The molecule has 1 amide bonds. The van der Waals surface area contributed by atoms with Gasteiger partial charge in [0.25, 0.3) is 5.91 Å². The first kappa shape index (κ1) is 13.0. The number of aromatic nitrogens is 1. The van der Waals surface area contributed by atoms with Crippen molar-refractivity contribution in [2.45, 2.75) is 0 Å². The molecule has 0 unspecified atom stereocenters. The summed E-state index contributed by atoms with van der Waals surface area (Å²) in [4.78, 5) is 26.8. The summed E-state index contributed by atoms with van der Waals surface area (Å²) in [6, 6.07) is 4.43. The quantitative estimate of drug-likeness (QED) is 0.894. The number of methoxy groups -OCH3 is 1. The first-order valence-corrected chi connectivity index (χ1v) is 6.11. The molecule has 7 heteroatoms. The predicted molar refractivity (Wildman–Crippen MR) is 70.0 cm³/mol. The van der Waals surface area contributed by atoms with E-state index in [1.165, 1.54) is 36.8 Å². The molecule has 2 rings (SSSR count). The molecular formula is C12H10N2O4S. The lowest BCUT2D eigenvalue weighted by molar-refractivity contribution is 0.0690. The fourth-order valence-electron chi connectivity index (χ4n) is 1.36. The van der Waals surface area contributed by atoms with Crippen LogP contribution >= 0.6 is 11.3 Å². The van der Waals surface area contributed by atoms with Gasteiger partial charge in [-0.25, -0.2) is 9.78 Å². The van der Waals surface area contributed by atoms with Crippen molar-refractivity contribution >= 4 is 28.9 Å². The van der Waals surface area contributed by atoms with Crippen molar-refractivity contribution in [3.8, 4) is 5.75 Å². The summed E-state index contributed by atoms with van der Waals surface area (Å²) in [5.74, 6) is -0.860. The average molecular weight is 278 g/mol. The molecule has 0 aliphatic carbocycles. The Morgan fingerprint density at radius 2 is 2.21 bits per heavy atom. The molecule has 0 aliphatic heterocycles. The van der Waals surface area contributed by atoms with Crippen LogP contribution in [0.3, 0.4) is 0 Å². The Labute approximate surface area is 112 Å². The average Bonchev–Trinajstić information content (AvgIpc) is 2.88. The van der Waals surface area contributed by atoms with Crippen molar-refractivity contribution in [3.63, 3.8) is 0 Å². The zero-order valence-corrected chi connectivity index (χ0v) is 10.7. The molecule has 0 bridgehead atoms. The SMILES string of the molecule is COc1csc(C(=O)Nc2ccnc(C(=O)O)c2)c1. The molecule has 0 fully saturated rings. The number of thiophene rings is 1. The van der Waals surface area contributed by atoms with Gasteiger partial charge in [-0.2, -0.15) is 0 Å².